The van der Waals surface area contributed by atoms with E-state index in [2.05, 4.69) is 6.92 Å². The highest BCUT2D eigenvalue weighted by atomic mass is 19.2. The van der Waals surface area contributed by atoms with Gasteiger partial charge in [-0.1, -0.05) is 32.3 Å². The van der Waals surface area contributed by atoms with Crippen LogP contribution in [-0.2, 0) is 9.47 Å². The summed E-state index contributed by atoms with van der Waals surface area (Å²) in [5.74, 6) is -1.31. The highest BCUT2D eigenvalue weighted by Gasteiger charge is 2.23. The highest BCUT2D eigenvalue weighted by Crippen LogP contribution is 2.28. The third-order valence-corrected chi connectivity index (χ3v) is 3.40. The van der Waals surface area contributed by atoms with E-state index in [9.17, 15) is 8.78 Å². The molecule has 1 saturated heterocycles. The molecule has 19 heavy (non-hydrogen) atoms. The van der Waals surface area contributed by atoms with Gasteiger partial charge in [-0.15, -0.1) is 0 Å². The first-order valence-electron chi connectivity index (χ1n) is 6.89. The summed E-state index contributed by atoms with van der Waals surface area (Å²) in [5, 5.41) is 0. The normalized spacial score (nSPS) is 23.5. The Hall–Kier alpha value is -1.00. The Balaban J connectivity index is 1.84. The van der Waals surface area contributed by atoms with E-state index in [1.54, 1.807) is 0 Å². The van der Waals surface area contributed by atoms with E-state index in [-0.39, 0.29) is 0 Å². The van der Waals surface area contributed by atoms with Crippen molar-refractivity contribution in [2.75, 3.05) is 13.2 Å². The molecule has 0 aliphatic carbocycles. The lowest BCUT2D eigenvalue weighted by atomic mass is 10.0. The van der Waals surface area contributed by atoms with Gasteiger partial charge in [-0.3, -0.25) is 0 Å². The van der Waals surface area contributed by atoms with E-state index in [0.717, 1.165) is 18.6 Å². The lowest BCUT2D eigenvalue weighted by Crippen LogP contribution is -2.27. The van der Waals surface area contributed by atoms with Gasteiger partial charge in [0.25, 0.3) is 0 Å². The molecular formula is C15H20F2O2. The first-order valence-corrected chi connectivity index (χ1v) is 6.89. The van der Waals surface area contributed by atoms with Crippen LogP contribution in [0.5, 0.6) is 0 Å². The number of unbranched alkanes of at least 4 members (excludes halogenated alkanes) is 2. The molecule has 0 bridgehead atoms. The van der Waals surface area contributed by atoms with E-state index in [1.165, 1.54) is 25.3 Å². The molecule has 1 aromatic rings. The third kappa shape index (κ3) is 3.98. The van der Waals surface area contributed by atoms with Crippen LogP contribution in [0, 0.1) is 17.6 Å². The minimum absolute atomic E-state index is 0.410. The number of ether oxygens (including phenoxy) is 2. The molecule has 2 nitrogen and oxygen atoms in total. The molecule has 1 aliphatic rings. The number of hydrogen-bond acceptors (Lipinski definition) is 2. The maximum absolute atomic E-state index is 13.1. The first-order chi connectivity index (χ1) is 9.20. The first kappa shape index (κ1) is 14.4. The Kier molecular flexibility index (Phi) is 5.28. The Morgan fingerprint density at radius 1 is 1.11 bits per heavy atom. The van der Waals surface area contributed by atoms with E-state index in [0.29, 0.717) is 24.7 Å². The Morgan fingerprint density at radius 3 is 2.47 bits per heavy atom. The quantitative estimate of drug-likeness (QED) is 0.746. The van der Waals surface area contributed by atoms with Gasteiger partial charge >= 0.3 is 0 Å². The SMILES string of the molecule is CCCCCC1COC(c2ccc(F)c(F)c2)OC1. The molecule has 1 aromatic carbocycles. The molecule has 106 valence electrons. The van der Waals surface area contributed by atoms with Crippen LogP contribution in [0.25, 0.3) is 0 Å². The maximum Gasteiger partial charge on any atom is 0.183 e. The lowest BCUT2D eigenvalue weighted by Gasteiger charge is -2.29. The Bertz CT molecular complexity index is 401. The topological polar surface area (TPSA) is 18.5 Å². The predicted molar refractivity (Wildman–Crippen MR) is 68.6 cm³/mol. The van der Waals surface area contributed by atoms with Crippen LogP contribution in [0.1, 0.15) is 44.5 Å². The molecule has 0 N–H and O–H groups in total. The van der Waals surface area contributed by atoms with Crippen LogP contribution < -0.4 is 0 Å². The van der Waals surface area contributed by atoms with Gasteiger partial charge in [0, 0.05) is 11.5 Å². The van der Waals surface area contributed by atoms with Gasteiger partial charge in [-0.05, 0) is 18.6 Å². The molecule has 2 rings (SSSR count). The van der Waals surface area contributed by atoms with Crippen LogP contribution in [-0.4, -0.2) is 13.2 Å². The second kappa shape index (κ2) is 6.96. The fourth-order valence-corrected chi connectivity index (χ4v) is 2.24. The zero-order chi connectivity index (χ0) is 13.7. The average Bonchev–Trinajstić information content (AvgIpc) is 2.43. The van der Waals surface area contributed by atoms with Gasteiger partial charge in [0.2, 0.25) is 0 Å². The number of benzene rings is 1. The minimum Gasteiger partial charge on any atom is -0.348 e. The number of halogens is 2. The van der Waals surface area contributed by atoms with E-state index < -0.39 is 17.9 Å². The van der Waals surface area contributed by atoms with Crippen molar-refractivity contribution in [3.8, 4) is 0 Å². The summed E-state index contributed by atoms with van der Waals surface area (Å²) in [6.07, 6.45) is 4.13. The summed E-state index contributed by atoms with van der Waals surface area (Å²) in [6, 6.07) is 3.74. The third-order valence-electron chi connectivity index (χ3n) is 3.40. The summed E-state index contributed by atoms with van der Waals surface area (Å²) in [6.45, 7) is 3.41. The molecule has 1 heterocycles. The zero-order valence-electron chi connectivity index (χ0n) is 11.2. The molecule has 0 saturated carbocycles. The molecule has 0 radical (unpaired) electrons. The minimum atomic E-state index is -0.866. The van der Waals surface area contributed by atoms with Crippen molar-refractivity contribution >= 4 is 0 Å². The maximum atomic E-state index is 13.1. The van der Waals surface area contributed by atoms with Crippen molar-refractivity contribution < 1.29 is 18.3 Å². The molecule has 1 aliphatic heterocycles. The van der Waals surface area contributed by atoms with Crippen molar-refractivity contribution in [1.82, 2.24) is 0 Å². The molecule has 0 atom stereocenters. The lowest BCUT2D eigenvalue weighted by molar-refractivity contribution is -0.206. The van der Waals surface area contributed by atoms with E-state index >= 15 is 0 Å². The van der Waals surface area contributed by atoms with Gasteiger partial charge < -0.3 is 9.47 Å². The summed E-state index contributed by atoms with van der Waals surface area (Å²) >= 11 is 0. The van der Waals surface area contributed by atoms with Crippen LogP contribution in [0.15, 0.2) is 18.2 Å². The molecule has 4 heteroatoms. The smallest absolute Gasteiger partial charge is 0.183 e. The average molecular weight is 270 g/mol. The van der Waals surface area contributed by atoms with Gasteiger partial charge in [0.1, 0.15) is 0 Å². The Labute approximate surface area is 112 Å². The predicted octanol–water partition coefficient (Wildman–Crippen LogP) is 4.21. The van der Waals surface area contributed by atoms with Crippen molar-refractivity contribution in [2.24, 2.45) is 5.92 Å². The molecular weight excluding hydrogens is 250 g/mol. The molecule has 0 aromatic heterocycles. The van der Waals surface area contributed by atoms with E-state index in [1.807, 2.05) is 0 Å². The summed E-state index contributed by atoms with van der Waals surface area (Å²) in [7, 11) is 0. The second-order valence-electron chi connectivity index (χ2n) is 5.03. The molecule has 0 spiro atoms. The van der Waals surface area contributed by atoms with Gasteiger partial charge in [0.05, 0.1) is 13.2 Å². The monoisotopic (exact) mass is 270 g/mol. The number of hydrogen-bond donors (Lipinski definition) is 0. The largest absolute Gasteiger partial charge is 0.348 e. The fraction of sp³-hybridized carbons (Fsp3) is 0.600. The van der Waals surface area contributed by atoms with Gasteiger partial charge in [-0.2, -0.15) is 0 Å². The van der Waals surface area contributed by atoms with Crippen molar-refractivity contribution in [1.29, 1.82) is 0 Å². The summed E-state index contributed by atoms with van der Waals surface area (Å²) in [4.78, 5) is 0. The summed E-state index contributed by atoms with van der Waals surface area (Å²) < 4.78 is 37.2. The highest BCUT2D eigenvalue weighted by molar-refractivity contribution is 5.19. The molecule has 0 amide bonds. The van der Waals surface area contributed by atoms with Gasteiger partial charge in [-0.25, -0.2) is 8.78 Å². The molecule has 1 fully saturated rings. The van der Waals surface area contributed by atoms with Crippen LogP contribution in [0.4, 0.5) is 8.78 Å². The van der Waals surface area contributed by atoms with Crippen LogP contribution in [0.3, 0.4) is 0 Å². The standard InChI is InChI=1S/C15H20F2O2/c1-2-3-4-5-11-9-18-15(19-10-11)12-6-7-13(16)14(17)8-12/h6-8,11,15H,2-5,9-10H2,1H3. The second-order valence-corrected chi connectivity index (χ2v) is 5.03. The van der Waals surface area contributed by atoms with Crippen molar-refractivity contribution in [3.05, 3.63) is 35.4 Å². The molecule has 0 unspecified atom stereocenters. The fourth-order valence-electron chi connectivity index (χ4n) is 2.24. The summed E-state index contributed by atoms with van der Waals surface area (Å²) in [5.41, 5.74) is 0.533. The van der Waals surface area contributed by atoms with Gasteiger partial charge in [0.15, 0.2) is 17.9 Å². The van der Waals surface area contributed by atoms with E-state index in [4.69, 9.17) is 9.47 Å². The van der Waals surface area contributed by atoms with Crippen LogP contribution in [0.2, 0.25) is 0 Å². The number of rotatable bonds is 5. The zero-order valence-corrected chi connectivity index (χ0v) is 11.2. The Morgan fingerprint density at radius 2 is 1.84 bits per heavy atom. The van der Waals surface area contributed by atoms with Crippen molar-refractivity contribution in [3.63, 3.8) is 0 Å². The van der Waals surface area contributed by atoms with Crippen molar-refractivity contribution in [2.45, 2.75) is 38.9 Å². The van der Waals surface area contributed by atoms with Crippen LogP contribution >= 0.6 is 0 Å².